The lowest BCUT2D eigenvalue weighted by Crippen LogP contribution is -2.40. The molecule has 0 aliphatic carbocycles. The second-order valence-corrected chi connectivity index (χ2v) is 8.01. The van der Waals surface area contributed by atoms with Crippen molar-refractivity contribution in [1.82, 2.24) is 20.2 Å². The lowest BCUT2D eigenvalue weighted by molar-refractivity contribution is -0.118. The first-order chi connectivity index (χ1) is 16.2. The minimum Gasteiger partial charge on any atom is -0.505 e. The number of hydrogen-bond donors (Lipinski definition) is 3. The Morgan fingerprint density at radius 3 is 2.59 bits per heavy atom. The molecule has 3 rings (SSSR count). The van der Waals surface area contributed by atoms with Gasteiger partial charge in [0.2, 0.25) is 5.91 Å². The molecule has 0 fully saturated rings. The average Bonchev–Trinajstić information content (AvgIpc) is 2.77. The summed E-state index contributed by atoms with van der Waals surface area (Å²) in [4.78, 5) is 41.8. The molecule has 0 saturated heterocycles. The molecule has 1 aromatic carbocycles. The van der Waals surface area contributed by atoms with E-state index in [1.165, 1.54) is 36.9 Å². The summed E-state index contributed by atoms with van der Waals surface area (Å²) in [6.45, 7) is 3.48. The molecule has 1 atom stereocenters. The van der Waals surface area contributed by atoms with Crippen molar-refractivity contribution < 1.29 is 23.8 Å². The smallest absolute Gasteiger partial charge is 0.267 e. The lowest BCUT2D eigenvalue weighted by atomic mass is 10.1. The molecule has 10 heteroatoms. The van der Waals surface area contributed by atoms with E-state index in [0.717, 1.165) is 11.1 Å². The molecule has 34 heavy (non-hydrogen) atoms. The summed E-state index contributed by atoms with van der Waals surface area (Å²) in [6, 6.07) is 7.30. The van der Waals surface area contributed by atoms with Crippen molar-refractivity contribution in [2.75, 3.05) is 20.3 Å². The van der Waals surface area contributed by atoms with E-state index in [2.05, 4.69) is 15.6 Å². The van der Waals surface area contributed by atoms with E-state index >= 15 is 0 Å². The van der Waals surface area contributed by atoms with Gasteiger partial charge in [-0.25, -0.2) is 4.39 Å². The van der Waals surface area contributed by atoms with Crippen LogP contribution in [0.15, 0.2) is 41.3 Å². The summed E-state index contributed by atoms with van der Waals surface area (Å²) < 4.78 is 19.5. The molecule has 0 aliphatic rings. The molecule has 2 amide bonds. The SMILES string of the molecule is COCC(C)NC(=O)c1c(O)c2ncc(Cc3ccc(F)cc3)cc2n(CCNC(C)=O)c1=O. The van der Waals surface area contributed by atoms with Crippen molar-refractivity contribution in [2.24, 2.45) is 0 Å². The highest BCUT2D eigenvalue weighted by atomic mass is 19.1. The van der Waals surface area contributed by atoms with Crippen molar-refractivity contribution in [2.45, 2.75) is 32.9 Å². The van der Waals surface area contributed by atoms with Crippen LogP contribution < -0.4 is 16.2 Å². The third kappa shape index (κ3) is 5.76. The third-order valence-electron chi connectivity index (χ3n) is 5.19. The maximum Gasteiger partial charge on any atom is 0.267 e. The average molecular weight is 471 g/mol. The molecule has 0 bridgehead atoms. The van der Waals surface area contributed by atoms with Crippen LogP contribution in [0.3, 0.4) is 0 Å². The van der Waals surface area contributed by atoms with Crippen molar-refractivity contribution in [1.29, 1.82) is 0 Å². The van der Waals surface area contributed by atoms with Crippen LogP contribution in [0.5, 0.6) is 5.75 Å². The number of amides is 2. The van der Waals surface area contributed by atoms with Crippen LogP contribution in [0.25, 0.3) is 11.0 Å². The predicted molar refractivity (Wildman–Crippen MR) is 124 cm³/mol. The molecule has 0 aliphatic heterocycles. The Kier molecular flexibility index (Phi) is 7.95. The van der Waals surface area contributed by atoms with E-state index in [0.29, 0.717) is 11.9 Å². The number of aromatic nitrogens is 2. The number of fused-ring (bicyclic) bond motifs is 1. The second kappa shape index (κ2) is 10.9. The molecular weight excluding hydrogens is 443 g/mol. The quantitative estimate of drug-likeness (QED) is 0.438. The number of carbonyl (C=O) groups is 2. The number of methoxy groups -OCH3 is 1. The Bertz CT molecular complexity index is 1260. The normalized spacial score (nSPS) is 11.9. The van der Waals surface area contributed by atoms with Crippen LogP contribution in [0.1, 0.15) is 35.3 Å². The summed E-state index contributed by atoms with van der Waals surface area (Å²) in [5.41, 5.74) is 0.804. The standard InChI is InChI=1S/C24H27FN4O5/c1-14(13-34-3)28-23(32)20-22(31)21-19(29(24(20)33)9-8-26-15(2)30)11-17(12-27-21)10-16-4-6-18(25)7-5-16/h4-7,11-12,14,31H,8-10,13H2,1-3H3,(H,26,30)(H,28,32). The molecule has 0 spiro atoms. The van der Waals surface area contributed by atoms with Gasteiger partial charge in [0.05, 0.1) is 12.1 Å². The maximum atomic E-state index is 13.3. The summed E-state index contributed by atoms with van der Waals surface area (Å²) in [5.74, 6) is -1.88. The number of ether oxygens (including phenoxy) is 1. The van der Waals surface area contributed by atoms with Crippen LogP contribution in [-0.4, -0.2) is 52.8 Å². The zero-order valence-electron chi connectivity index (χ0n) is 19.2. The van der Waals surface area contributed by atoms with E-state index in [-0.39, 0.29) is 36.9 Å². The fraction of sp³-hybridized carbons (Fsp3) is 0.333. The molecule has 0 saturated carbocycles. The number of halogens is 1. The topological polar surface area (TPSA) is 123 Å². The molecule has 0 radical (unpaired) electrons. The van der Waals surface area contributed by atoms with Crippen molar-refractivity contribution in [3.05, 3.63) is 69.4 Å². The van der Waals surface area contributed by atoms with Crippen LogP contribution in [-0.2, 0) is 22.5 Å². The van der Waals surface area contributed by atoms with Gasteiger partial charge in [-0.15, -0.1) is 0 Å². The largest absolute Gasteiger partial charge is 0.505 e. The van der Waals surface area contributed by atoms with E-state index in [9.17, 15) is 23.9 Å². The first-order valence-corrected chi connectivity index (χ1v) is 10.7. The van der Waals surface area contributed by atoms with Gasteiger partial charge in [-0.3, -0.25) is 19.4 Å². The number of carbonyl (C=O) groups excluding carboxylic acids is 2. The maximum absolute atomic E-state index is 13.3. The molecule has 3 N–H and O–H groups in total. The van der Waals surface area contributed by atoms with Gasteiger partial charge in [-0.05, 0) is 42.7 Å². The van der Waals surface area contributed by atoms with Gasteiger partial charge in [-0.1, -0.05) is 12.1 Å². The predicted octanol–water partition coefficient (Wildman–Crippen LogP) is 1.73. The highest BCUT2D eigenvalue weighted by Gasteiger charge is 2.24. The van der Waals surface area contributed by atoms with E-state index in [1.807, 2.05) is 0 Å². The van der Waals surface area contributed by atoms with Crippen LogP contribution in [0.2, 0.25) is 0 Å². The summed E-state index contributed by atoms with van der Waals surface area (Å²) in [6.07, 6.45) is 1.95. The Morgan fingerprint density at radius 2 is 1.94 bits per heavy atom. The number of aromatic hydroxyl groups is 1. The first-order valence-electron chi connectivity index (χ1n) is 10.7. The molecule has 2 aromatic heterocycles. The highest BCUT2D eigenvalue weighted by molar-refractivity contribution is 6.01. The molecule has 9 nitrogen and oxygen atoms in total. The Labute approximate surface area is 195 Å². The second-order valence-electron chi connectivity index (χ2n) is 8.01. The zero-order valence-corrected chi connectivity index (χ0v) is 19.2. The van der Waals surface area contributed by atoms with Gasteiger partial charge in [0.1, 0.15) is 16.9 Å². The number of pyridine rings is 2. The molecule has 3 aromatic rings. The zero-order chi connectivity index (χ0) is 24.8. The summed E-state index contributed by atoms with van der Waals surface area (Å²) in [5, 5.41) is 16.1. The molecule has 180 valence electrons. The number of nitrogens with zero attached hydrogens (tertiary/aromatic N) is 2. The van der Waals surface area contributed by atoms with E-state index < -0.39 is 28.8 Å². The Morgan fingerprint density at radius 1 is 1.24 bits per heavy atom. The van der Waals surface area contributed by atoms with Crippen LogP contribution >= 0.6 is 0 Å². The van der Waals surface area contributed by atoms with Gasteiger partial charge >= 0.3 is 0 Å². The summed E-state index contributed by atoms with van der Waals surface area (Å²) in [7, 11) is 1.48. The van der Waals surface area contributed by atoms with Crippen molar-refractivity contribution in [3.8, 4) is 5.75 Å². The van der Waals surface area contributed by atoms with Crippen molar-refractivity contribution in [3.63, 3.8) is 0 Å². The number of hydrogen-bond acceptors (Lipinski definition) is 6. The molecular formula is C24H27FN4O5. The van der Waals surface area contributed by atoms with Gasteiger partial charge in [-0.2, -0.15) is 0 Å². The van der Waals surface area contributed by atoms with Crippen molar-refractivity contribution >= 4 is 22.8 Å². The minimum atomic E-state index is -0.751. The number of benzene rings is 1. The van der Waals surface area contributed by atoms with Gasteiger partial charge in [0.25, 0.3) is 11.5 Å². The lowest BCUT2D eigenvalue weighted by Gasteiger charge is -2.17. The summed E-state index contributed by atoms with van der Waals surface area (Å²) >= 11 is 0. The van der Waals surface area contributed by atoms with Gasteiger partial charge < -0.3 is 25.0 Å². The highest BCUT2D eigenvalue weighted by Crippen LogP contribution is 2.26. The van der Waals surface area contributed by atoms with E-state index in [4.69, 9.17) is 4.74 Å². The molecule has 2 heterocycles. The fourth-order valence-electron chi connectivity index (χ4n) is 3.64. The van der Waals surface area contributed by atoms with E-state index in [1.54, 1.807) is 25.1 Å². The monoisotopic (exact) mass is 470 g/mol. The van der Waals surface area contributed by atoms with Gasteiger partial charge in [0, 0.05) is 39.4 Å². The Balaban J connectivity index is 2.08. The van der Waals surface area contributed by atoms with Crippen LogP contribution in [0, 0.1) is 5.82 Å². The molecule has 1 unspecified atom stereocenters. The number of rotatable bonds is 9. The fourth-order valence-corrected chi connectivity index (χ4v) is 3.64. The third-order valence-corrected chi connectivity index (χ3v) is 5.19. The van der Waals surface area contributed by atoms with Gasteiger partial charge in [0.15, 0.2) is 5.75 Å². The first kappa shape index (κ1) is 24.8. The number of nitrogens with one attached hydrogen (secondary N) is 2. The minimum absolute atomic E-state index is 0.0603. The Hall–Kier alpha value is -3.79. The van der Waals surface area contributed by atoms with Crippen LogP contribution in [0.4, 0.5) is 4.39 Å².